The molecule has 0 aliphatic rings. The number of hydrogen-bond acceptors (Lipinski definition) is 4. The summed E-state index contributed by atoms with van der Waals surface area (Å²) >= 11 is 1.55. The molecule has 0 aliphatic heterocycles. The minimum atomic E-state index is -0.337. The van der Waals surface area contributed by atoms with Crippen LogP contribution in [0.1, 0.15) is 34.8 Å². The first kappa shape index (κ1) is 19.2. The lowest BCUT2D eigenvalue weighted by molar-refractivity contribution is 0.0994. The minimum Gasteiger partial charge on any atom is -0.493 e. The number of nitrogens with zero attached hydrogens (tertiary/aromatic N) is 2. The number of benzene rings is 2. The Kier molecular flexibility index (Phi) is 5.65. The van der Waals surface area contributed by atoms with Crippen LogP contribution in [0.2, 0.25) is 0 Å². The summed E-state index contributed by atoms with van der Waals surface area (Å²) < 4.78 is 14.0. The Balaban J connectivity index is 2.20. The average Bonchev–Trinajstić information content (AvgIpc) is 2.99. The van der Waals surface area contributed by atoms with E-state index in [0.29, 0.717) is 21.9 Å². The second-order valence-corrected chi connectivity index (χ2v) is 7.40. The van der Waals surface area contributed by atoms with Gasteiger partial charge in [0.1, 0.15) is 0 Å². The molecular weight excluding hydrogens is 360 g/mol. The molecule has 1 amide bonds. The first-order valence-corrected chi connectivity index (χ1v) is 9.72. The quantitative estimate of drug-likeness (QED) is 0.651. The number of amides is 1. The molecule has 0 aliphatic carbocycles. The monoisotopic (exact) mass is 384 g/mol. The van der Waals surface area contributed by atoms with Crippen LogP contribution in [0.4, 0.5) is 0 Å². The van der Waals surface area contributed by atoms with Crippen LogP contribution in [0.3, 0.4) is 0 Å². The van der Waals surface area contributed by atoms with E-state index < -0.39 is 0 Å². The fourth-order valence-electron chi connectivity index (χ4n) is 3.24. The molecule has 0 spiro atoms. The molecule has 0 atom stereocenters. The van der Waals surface area contributed by atoms with E-state index >= 15 is 0 Å². The number of aryl methyl sites for hydroxylation is 3. The van der Waals surface area contributed by atoms with Gasteiger partial charge in [0.05, 0.1) is 30.0 Å². The van der Waals surface area contributed by atoms with E-state index in [-0.39, 0.29) is 5.91 Å². The summed E-state index contributed by atoms with van der Waals surface area (Å²) in [6, 6.07) is 9.55. The van der Waals surface area contributed by atoms with E-state index in [9.17, 15) is 4.79 Å². The van der Waals surface area contributed by atoms with Gasteiger partial charge in [-0.1, -0.05) is 30.4 Å². The number of ether oxygens (including phenoxy) is 2. The zero-order valence-corrected chi connectivity index (χ0v) is 17.1. The summed E-state index contributed by atoms with van der Waals surface area (Å²) in [4.78, 5) is 18.1. The summed E-state index contributed by atoms with van der Waals surface area (Å²) in [5.41, 5.74) is 3.93. The van der Waals surface area contributed by atoms with Crippen LogP contribution in [0.15, 0.2) is 35.3 Å². The van der Waals surface area contributed by atoms with Crippen LogP contribution in [0.25, 0.3) is 10.2 Å². The molecule has 27 heavy (non-hydrogen) atoms. The first-order valence-electron chi connectivity index (χ1n) is 8.90. The van der Waals surface area contributed by atoms with Gasteiger partial charge in [0.25, 0.3) is 5.91 Å². The highest BCUT2D eigenvalue weighted by molar-refractivity contribution is 7.16. The number of thiazole rings is 1. The molecule has 2 aromatic carbocycles. The Morgan fingerprint density at radius 3 is 2.63 bits per heavy atom. The maximum absolute atomic E-state index is 12.9. The molecule has 0 bridgehead atoms. The fraction of sp³-hybridized carbons (Fsp3) is 0.333. The molecule has 3 aromatic rings. The molecule has 6 heteroatoms. The van der Waals surface area contributed by atoms with Gasteiger partial charge in [-0.3, -0.25) is 4.79 Å². The van der Waals surface area contributed by atoms with Gasteiger partial charge in [0, 0.05) is 6.54 Å². The van der Waals surface area contributed by atoms with Gasteiger partial charge >= 0.3 is 0 Å². The van der Waals surface area contributed by atoms with Crippen molar-refractivity contribution in [3.8, 4) is 11.5 Å². The van der Waals surface area contributed by atoms with Gasteiger partial charge in [-0.2, -0.15) is 4.99 Å². The van der Waals surface area contributed by atoms with E-state index in [1.54, 1.807) is 36.6 Å². The lowest BCUT2D eigenvalue weighted by Gasteiger charge is -2.10. The average molecular weight is 385 g/mol. The van der Waals surface area contributed by atoms with E-state index in [1.807, 2.05) is 0 Å². The standard InChI is InChI=1S/C21H24N2O3S/c1-6-10-23-16-12-13(2)11-14(3)19(16)27-21(23)22-20(24)15-8-7-9-17(25-4)18(15)26-5/h7-9,11-12H,6,10H2,1-5H3. The van der Waals surface area contributed by atoms with Gasteiger partial charge in [-0.15, -0.1) is 0 Å². The third kappa shape index (κ3) is 3.62. The largest absolute Gasteiger partial charge is 0.493 e. The number of rotatable bonds is 5. The molecule has 0 saturated heterocycles. The van der Waals surface area contributed by atoms with E-state index in [0.717, 1.165) is 18.5 Å². The maximum Gasteiger partial charge on any atom is 0.283 e. The summed E-state index contributed by atoms with van der Waals surface area (Å²) in [6.07, 6.45) is 0.961. The van der Waals surface area contributed by atoms with Crippen molar-refractivity contribution in [1.82, 2.24) is 4.57 Å². The third-order valence-corrected chi connectivity index (χ3v) is 5.62. The smallest absolute Gasteiger partial charge is 0.283 e. The van der Waals surface area contributed by atoms with Gasteiger partial charge in [-0.05, 0) is 49.6 Å². The Morgan fingerprint density at radius 1 is 1.19 bits per heavy atom. The summed E-state index contributed by atoms with van der Waals surface area (Å²) in [5.74, 6) is 0.586. The summed E-state index contributed by atoms with van der Waals surface area (Å²) in [6.45, 7) is 7.11. The maximum atomic E-state index is 12.9. The molecule has 0 unspecified atom stereocenters. The van der Waals surface area contributed by atoms with E-state index in [4.69, 9.17) is 9.47 Å². The van der Waals surface area contributed by atoms with Crippen LogP contribution >= 0.6 is 11.3 Å². The normalized spacial score (nSPS) is 11.8. The van der Waals surface area contributed by atoms with Crippen LogP contribution in [0, 0.1) is 13.8 Å². The lowest BCUT2D eigenvalue weighted by Crippen LogP contribution is -2.17. The molecule has 1 heterocycles. The van der Waals surface area contributed by atoms with Crippen LogP contribution in [-0.4, -0.2) is 24.7 Å². The fourth-order valence-corrected chi connectivity index (χ4v) is 4.34. The molecule has 3 rings (SSSR count). The Hall–Kier alpha value is -2.60. The van der Waals surface area contributed by atoms with Crippen molar-refractivity contribution < 1.29 is 14.3 Å². The van der Waals surface area contributed by atoms with Crippen molar-refractivity contribution in [2.75, 3.05) is 14.2 Å². The molecule has 142 valence electrons. The predicted molar refractivity (Wildman–Crippen MR) is 109 cm³/mol. The Labute approximate surface area is 162 Å². The molecule has 0 N–H and O–H groups in total. The second-order valence-electron chi connectivity index (χ2n) is 6.42. The number of carbonyl (C=O) groups excluding carboxylic acids is 1. The number of carbonyl (C=O) groups is 1. The highest BCUT2D eigenvalue weighted by Gasteiger charge is 2.17. The molecule has 1 aromatic heterocycles. The first-order chi connectivity index (χ1) is 13.0. The number of fused-ring (bicyclic) bond motifs is 1. The second kappa shape index (κ2) is 7.96. The number of methoxy groups -OCH3 is 2. The van der Waals surface area contributed by atoms with Gasteiger partial charge in [0.2, 0.25) is 0 Å². The molecule has 0 fully saturated rings. The van der Waals surface area contributed by atoms with Crippen LogP contribution in [-0.2, 0) is 6.54 Å². The van der Waals surface area contributed by atoms with E-state index in [1.165, 1.54) is 22.9 Å². The van der Waals surface area contributed by atoms with Crippen molar-refractivity contribution in [2.24, 2.45) is 4.99 Å². The topological polar surface area (TPSA) is 52.8 Å². The SMILES string of the molecule is CCCn1c(=NC(=O)c2cccc(OC)c2OC)sc2c(C)cc(C)cc21. The van der Waals surface area contributed by atoms with Crippen LogP contribution < -0.4 is 14.3 Å². The van der Waals surface area contributed by atoms with Crippen molar-refractivity contribution >= 4 is 27.5 Å². The zero-order chi connectivity index (χ0) is 19.6. The Morgan fingerprint density at radius 2 is 1.96 bits per heavy atom. The van der Waals surface area contributed by atoms with Gasteiger partial charge in [0.15, 0.2) is 16.3 Å². The van der Waals surface area contributed by atoms with Crippen molar-refractivity contribution in [2.45, 2.75) is 33.7 Å². The van der Waals surface area contributed by atoms with Crippen molar-refractivity contribution in [3.05, 3.63) is 51.8 Å². The molecular formula is C21H24N2O3S. The van der Waals surface area contributed by atoms with Gasteiger partial charge < -0.3 is 14.0 Å². The van der Waals surface area contributed by atoms with Crippen molar-refractivity contribution in [1.29, 1.82) is 0 Å². The van der Waals surface area contributed by atoms with Gasteiger partial charge in [-0.25, -0.2) is 0 Å². The number of hydrogen-bond donors (Lipinski definition) is 0. The van der Waals surface area contributed by atoms with Crippen LogP contribution in [0.5, 0.6) is 11.5 Å². The molecule has 0 radical (unpaired) electrons. The van der Waals surface area contributed by atoms with Crippen molar-refractivity contribution in [3.63, 3.8) is 0 Å². The number of para-hydroxylation sites is 1. The van der Waals surface area contributed by atoms with E-state index in [2.05, 4.69) is 42.5 Å². The minimum absolute atomic E-state index is 0.337. The molecule has 0 saturated carbocycles. The Bertz CT molecular complexity index is 1060. The highest BCUT2D eigenvalue weighted by Crippen LogP contribution is 2.31. The predicted octanol–water partition coefficient (Wildman–Crippen LogP) is 4.49. The summed E-state index contributed by atoms with van der Waals surface area (Å²) in [5, 5.41) is 0. The highest BCUT2D eigenvalue weighted by atomic mass is 32.1. The lowest BCUT2D eigenvalue weighted by atomic mass is 10.1. The molecule has 5 nitrogen and oxygen atoms in total. The zero-order valence-electron chi connectivity index (χ0n) is 16.3. The third-order valence-electron chi connectivity index (χ3n) is 4.39. The summed E-state index contributed by atoms with van der Waals surface area (Å²) in [7, 11) is 3.08. The number of aromatic nitrogens is 1.